The van der Waals surface area contributed by atoms with E-state index in [0.29, 0.717) is 16.3 Å². The van der Waals surface area contributed by atoms with Crippen LogP contribution in [0.25, 0.3) is 0 Å². The molecule has 0 saturated heterocycles. The molecular formula is C24H26N2O2S. The minimum absolute atomic E-state index is 0.244. The first kappa shape index (κ1) is 19.8. The van der Waals surface area contributed by atoms with E-state index >= 15 is 0 Å². The quantitative estimate of drug-likeness (QED) is 0.682. The summed E-state index contributed by atoms with van der Waals surface area (Å²) in [4.78, 5) is 29.4. The highest BCUT2D eigenvalue weighted by atomic mass is 32.2. The highest BCUT2D eigenvalue weighted by molar-refractivity contribution is 8.04. The minimum atomic E-state index is -0.247. The molecule has 1 saturated carbocycles. The Kier molecular flexibility index (Phi) is 6.05. The molecule has 150 valence electrons. The standard InChI is InChI=1S/C24H26N2O2S/c1-2-17-13-15-19(16-14-17)26-23(27)21(25-18-9-5-3-6-10-18)22(24(26)28)29-20-11-7-4-8-12-20/h4,7-8,11-16,18,25H,2-3,5-6,9-10H2,1H3. The largest absolute Gasteiger partial charge is 0.377 e. The Hall–Kier alpha value is -2.53. The summed E-state index contributed by atoms with van der Waals surface area (Å²) in [6.07, 6.45) is 6.57. The van der Waals surface area contributed by atoms with Gasteiger partial charge in [-0.15, -0.1) is 0 Å². The summed E-state index contributed by atoms with van der Waals surface area (Å²) in [7, 11) is 0. The van der Waals surface area contributed by atoms with Crippen LogP contribution in [0.1, 0.15) is 44.6 Å². The normalized spacial score (nSPS) is 17.9. The summed E-state index contributed by atoms with van der Waals surface area (Å²) < 4.78 is 0. The minimum Gasteiger partial charge on any atom is -0.377 e. The zero-order chi connectivity index (χ0) is 20.2. The molecule has 29 heavy (non-hydrogen) atoms. The lowest BCUT2D eigenvalue weighted by Crippen LogP contribution is -2.37. The first-order valence-corrected chi connectivity index (χ1v) is 11.2. The average Bonchev–Trinajstić information content (AvgIpc) is 2.99. The highest BCUT2D eigenvalue weighted by Gasteiger charge is 2.40. The van der Waals surface area contributed by atoms with E-state index in [4.69, 9.17) is 0 Å². The fourth-order valence-electron chi connectivity index (χ4n) is 3.90. The fraction of sp³-hybridized carbons (Fsp3) is 0.333. The average molecular weight is 407 g/mol. The number of anilines is 1. The number of carbonyl (C=O) groups is 2. The van der Waals surface area contributed by atoms with Crippen molar-refractivity contribution in [2.75, 3.05) is 4.90 Å². The molecule has 0 atom stereocenters. The van der Waals surface area contributed by atoms with Crippen molar-refractivity contribution >= 4 is 29.3 Å². The van der Waals surface area contributed by atoms with Gasteiger partial charge in [-0.1, -0.05) is 68.3 Å². The highest BCUT2D eigenvalue weighted by Crippen LogP contribution is 2.37. The van der Waals surface area contributed by atoms with E-state index in [9.17, 15) is 9.59 Å². The molecule has 0 spiro atoms. The monoisotopic (exact) mass is 406 g/mol. The van der Waals surface area contributed by atoms with Crippen molar-refractivity contribution in [1.82, 2.24) is 5.32 Å². The van der Waals surface area contributed by atoms with Crippen LogP contribution in [-0.2, 0) is 16.0 Å². The second-order valence-electron chi connectivity index (χ2n) is 7.56. The van der Waals surface area contributed by atoms with Crippen LogP contribution in [0, 0.1) is 0 Å². The van der Waals surface area contributed by atoms with Gasteiger partial charge in [0.2, 0.25) is 0 Å². The van der Waals surface area contributed by atoms with E-state index in [1.807, 2.05) is 54.6 Å². The third-order valence-electron chi connectivity index (χ3n) is 5.56. The Morgan fingerprint density at radius 1 is 0.931 bits per heavy atom. The van der Waals surface area contributed by atoms with Gasteiger partial charge in [-0.05, 0) is 49.1 Å². The zero-order valence-electron chi connectivity index (χ0n) is 16.7. The van der Waals surface area contributed by atoms with Crippen LogP contribution in [0.15, 0.2) is 70.1 Å². The number of aryl methyl sites for hydroxylation is 1. The Bertz CT molecular complexity index is 916. The Balaban J connectivity index is 1.66. The van der Waals surface area contributed by atoms with Crippen LogP contribution in [-0.4, -0.2) is 17.9 Å². The lowest BCUT2D eigenvalue weighted by atomic mass is 9.95. The topological polar surface area (TPSA) is 49.4 Å². The molecule has 0 radical (unpaired) electrons. The predicted octanol–water partition coefficient (Wildman–Crippen LogP) is 5.05. The molecule has 1 N–H and O–H groups in total. The van der Waals surface area contributed by atoms with Gasteiger partial charge in [-0.25, -0.2) is 4.90 Å². The molecule has 1 heterocycles. The van der Waals surface area contributed by atoms with Gasteiger partial charge < -0.3 is 5.32 Å². The molecule has 4 rings (SSSR count). The van der Waals surface area contributed by atoms with Gasteiger partial charge in [-0.2, -0.15) is 0 Å². The van der Waals surface area contributed by atoms with E-state index in [2.05, 4.69) is 12.2 Å². The van der Waals surface area contributed by atoms with Gasteiger partial charge in [0.15, 0.2) is 0 Å². The summed E-state index contributed by atoms with van der Waals surface area (Å²) in [6.45, 7) is 2.09. The molecule has 2 aromatic carbocycles. The molecule has 0 bridgehead atoms. The number of benzene rings is 2. The maximum Gasteiger partial charge on any atom is 0.282 e. The molecule has 1 aliphatic heterocycles. The maximum atomic E-state index is 13.3. The number of hydrogen-bond acceptors (Lipinski definition) is 4. The first-order valence-electron chi connectivity index (χ1n) is 10.4. The molecule has 1 aliphatic carbocycles. The van der Waals surface area contributed by atoms with Gasteiger partial charge in [0.05, 0.1) is 5.69 Å². The Morgan fingerprint density at radius 3 is 2.28 bits per heavy atom. The van der Waals surface area contributed by atoms with Gasteiger partial charge in [-0.3, -0.25) is 9.59 Å². The van der Waals surface area contributed by atoms with Crippen molar-refractivity contribution < 1.29 is 9.59 Å². The second-order valence-corrected chi connectivity index (χ2v) is 8.65. The van der Waals surface area contributed by atoms with E-state index < -0.39 is 0 Å². The van der Waals surface area contributed by atoms with Crippen molar-refractivity contribution in [3.05, 3.63) is 70.8 Å². The van der Waals surface area contributed by atoms with Crippen molar-refractivity contribution in [2.45, 2.75) is 56.4 Å². The van der Waals surface area contributed by atoms with Crippen molar-refractivity contribution in [2.24, 2.45) is 0 Å². The summed E-state index contributed by atoms with van der Waals surface area (Å²) in [6, 6.07) is 17.7. The summed E-state index contributed by atoms with van der Waals surface area (Å²) in [5.74, 6) is -0.491. The number of nitrogens with one attached hydrogen (secondary N) is 1. The van der Waals surface area contributed by atoms with E-state index in [-0.39, 0.29) is 17.9 Å². The SMILES string of the molecule is CCc1ccc(N2C(=O)C(NC3CCCCC3)=C(Sc3ccccc3)C2=O)cc1. The van der Waals surface area contributed by atoms with Gasteiger partial charge in [0, 0.05) is 10.9 Å². The Morgan fingerprint density at radius 2 is 1.62 bits per heavy atom. The number of rotatable bonds is 6. The number of carbonyl (C=O) groups excluding carboxylic acids is 2. The van der Waals surface area contributed by atoms with E-state index in [1.165, 1.54) is 28.6 Å². The van der Waals surface area contributed by atoms with Gasteiger partial charge in [0.1, 0.15) is 10.6 Å². The molecule has 0 aromatic heterocycles. The first-order chi connectivity index (χ1) is 14.2. The van der Waals surface area contributed by atoms with Crippen molar-refractivity contribution in [1.29, 1.82) is 0 Å². The molecule has 0 unspecified atom stereocenters. The molecule has 5 heteroatoms. The molecule has 2 aromatic rings. The molecule has 2 aliphatic rings. The van der Waals surface area contributed by atoms with Crippen molar-refractivity contribution in [3.8, 4) is 0 Å². The third-order valence-corrected chi connectivity index (χ3v) is 6.65. The summed E-state index contributed by atoms with van der Waals surface area (Å²) >= 11 is 1.37. The molecule has 4 nitrogen and oxygen atoms in total. The number of hydrogen-bond donors (Lipinski definition) is 1. The van der Waals surface area contributed by atoms with Crippen LogP contribution in [0.3, 0.4) is 0 Å². The predicted molar refractivity (Wildman–Crippen MR) is 118 cm³/mol. The number of nitrogens with zero attached hydrogens (tertiary/aromatic N) is 1. The lowest BCUT2D eigenvalue weighted by molar-refractivity contribution is -0.120. The number of amides is 2. The zero-order valence-corrected chi connectivity index (χ0v) is 17.5. The molecular weight excluding hydrogens is 380 g/mol. The Labute approximate surface area is 176 Å². The van der Waals surface area contributed by atoms with Gasteiger partial charge >= 0.3 is 0 Å². The summed E-state index contributed by atoms with van der Waals surface area (Å²) in [5, 5.41) is 3.44. The lowest BCUT2D eigenvalue weighted by Gasteiger charge is -2.24. The second kappa shape index (κ2) is 8.87. The number of thioether (sulfide) groups is 1. The number of imide groups is 1. The smallest absolute Gasteiger partial charge is 0.282 e. The van der Waals surface area contributed by atoms with Crippen LogP contribution < -0.4 is 10.2 Å². The van der Waals surface area contributed by atoms with Gasteiger partial charge in [0.25, 0.3) is 11.8 Å². The van der Waals surface area contributed by atoms with Crippen LogP contribution in [0.2, 0.25) is 0 Å². The van der Waals surface area contributed by atoms with E-state index in [0.717, 1.165) is 37.0 Å². The van der Waals surface area contributed by atoms with Crippen LogP contribution in [0.5, 0.6) is 0 Å². The summed E-state index contributed by atoms with van der Waals surface area (Å²) in [5.41, 5.74) is 2.26. The van der Waals surface area contributed by atoms with E-state index in [1.54, 1.807) is 0 Å². The molecule has 1 fully saturated rings. The van der Waals surface area contributed by atoms with Crippen LogP contribution in [0.4, 0.5) is 5.69 Å². The van der Waals surface area contributed by atoms with Crippen LogP contribution >= 0.6 is 11.8 Å². The van der Waals surface area contributed by atoms with Crippen molar-refractivity contribution in [3.63, 3.8) is 0 Å². The fourth-order valence-corrected chi connectivity index (χ4v) is 4.86. The molecule has 2 amide bonds. The third kappa shape index (κ3) is 4.25. The maximum absolute atomic E-state index is 13.3.